The van der Waals surface area contributed by atoms with Gasteiger partial charge in [-0.25, -0.2) is 0 Å². The summed E-state index contributed by atoms with van der Waals surface area (Å²) in [5.74, 6) is 1.58. The average Bonchev–Trinajstić information content (AvgIpc) is 2.97. The summed E-state index contributed by atoms with van der Waals surface area (Å²) in [6.45, 7) is 7.79. The molecule has 2 unspecified atom stereocenters. The van der Waals surface area contributed by atoms with E-state index in [4.69, 9.17) is 9.47 Å². The van der Waals surface area contributed by atoms with Crippen molar-refractivity contribution in [3.63, 3.8) is 0 Å². The van der Waals surface area contributed by atoms with Crippen LogP contribution in [-0.4, -0.2) is 24.1 Å². The number of carbonyl (C=O) groups excluding carboxylic acids is 2. The van der Waals surface area contributed by atoms with Gasteiger partial charge in [0.1, 0.15) is 12.2 Å². The van der Waals surface area contributed by atoms with Crippen molar-refractivity contribution in [3.05, 3.63) is 11.6 Å². The first-order valence-electron chi connectivity index (χ1n) is 10.8. The van der Waals surface area contributed by atoms with Crippen LogP contribution < -0.4 is 0 Å². The molecule has 0 aliphatic heterocycles. The zero-order valence-electron chi connectivity index (χ0n) is 17.3. The van der Waals surface area contributed by atoms with Crippen molar-refractivity contribution in [1.29, 1.82) is 0 Å². The lowest BCUT2D eigenvalue weighted by molar-refractivity contribution is -0.171. The minimum Gasteiger partial charge on any atom is -0.462 e. The molecule has 0 aromatic carbocycles. The zero-order valence-corrected chi connectivity index (χ0v) is 17.3. The molecule has 0 bridgehead atoms. The second-order valence-electron chi connectivity index (χ2n) is 9.98. The molecule has 0 saturated heterocycles. The van der Waals surface area contributed by atoms with E-state index in [-0.39, 0.29) is 29.6 Å². The SMILES string of the molecule is CC(=O)OC1CC2=CC[C@@H]3[C@@H](CC[C@]4(C)CCC[C@@H]34)[C@@]2(C)C(OC(C)=O)C1. The van der Waals surface area contributed by atoms with Gasteiger partial charge < -0.3 is 9.47 Å². The summed E-state index contributed by atoms with van der Waals surface area (Å²) < 4.78 is 11.4. The number of hydrogen-bond acceptors (Lipinski definition) is 4. The van der Waals surface area contributed by atoms with Gasteiger partial charge in [-0.1, -0.05) is 31.9 Å². The first kappa shape index (κ1) is 19.0. The third kappa shape index (κ3) is 3.03. The van der Waals surface area contributed by atoms with Crippen molar-refractivity contribution in [3.8, 4) is 0 Å². The molecule has 0 radical (unpaired) electrons. The van der Waals surface area contributed by atoms with Crippen molar-refractivity contribution >= 4 is 11.9 Å². The Bertz CT molecular complexity index is 667. The molecule has 27 heavy (non-hydrogen) atoms. The number of hydrogen-bond donors (Lipinski definition) is 0. The lowest BCUT2D eigenvalue weighted by atomic mass is 9.47. The Hall–Kier alpha value is -1.32. The largest absolute Gasteiger partial charge is 0.462 e. The van der Waals surface area contributed by atoms with Gasteiger partial charge in [-0.2, -0.15) is 0 Å². The molecule has 4 aliphatic carbocycles. The molecule has 7 atom stereocenters. The fraction of sp³-hybridized carbons (Fsp3) is 0.826. The van der Waals surface area contributed by atoms with Gasteiger partial charge in [0.05, 0.1) is 0 Å². The molecular formula is C23H34O4. The Morgan fingerprint density at radius 1 is 1.04 bits per heavy atom. The van der Waals surface area contributed by atoms with Crippen LogP contribution >= 0.6 is 0 Å². The van der Waals surface area contributed by atoms with Gasteiger partial charge in [0, 0.05) is 32.1 Å². The van der Waals surface area contributed by atoms with Crippen LogP contribution in [0.5, 0.6) is 0 Å². The van der Waals surface area contributed by atoms with Gasteiger partial charge in [-0.05, 0) is 55.3 Å². The highest BCUT2D eigenvalue weighted by molar-refractivity contribution is 5.67. The topological polar surface area (TPSA) is 52.6 Å². The average molecular weight is 375 g/mol. The molecule has 4 heteroatoms. The van der Waals surface area contributed by atoms with Gasteiger partial charge in [0.25, 0.3) is 0 Å². The molecule has 0 aromatic heterocycles. The van der Waals surface area contributed by atoms with Gasteiger partial charge in [0.2, 0.25) is 0 Å². The number of allylic oxidation sites excluding steroid dienone is 1. The standard InChI is InChI=1S/C23H34O4/c1-14(24)26-17-12-16-7-8-18-19-6-5-10-22(19,3)11-9-20(18)23(16,4)21(13-17)27-15(2)25/h7,17-21H,5-6,8-13H2,1-4H3/t17?,18-,19-,20+,21?,22-,23-/m0/s1. The van der Waals surface area contributed by atoms with Crippen molar-refractivity contribution in [2.24, 2.45) is 28.6 Å². The highest BCUT2D eigenvalue weighted by Gasteiger charge is 2.59. The first-order valence-corrected chi connectivity index (χ1v) is 10.8. The van der Waals surface area contributed by atoms with E-state index in [0.29, 0.717) is 23.7 Å². The lowest BCUT2D eigenvalue weighted by Crippen LogP contribution is -2.56. The highest BCUT2D eigenvalue weighted by atomic mass is 16.6. The molecule has 3 fully saturated rings. The third-order valence-electron chi connectivity index (χ3n) is 8.55. The summed E-state index contributed by atoms with van der Waals surface area (Å²) in [4.78, 5) is 23.4. The normalized spacial score (nSPS) is 45.8. The van der Waals surface area contributed by atoms with E-state index < -0.39 is 0 Å². The molecule has 0 amide bonds. The molecule has 3 saturated carbocycles. The molecular weight excluding hydrogens is 340 g/mol. The minimum absolute atomic E-state index is 0.116. The highest BCUT2D eigenvalue weighted by Crippen LogP contribution is 2.65. The lowest BCUT2D eigenvalue weighted by Gasteiger charge is -2.59. The van der Waals surface area contributed by atoms with Crippen LogP contribution in [0.25, 0.3) is 0 Å². The summed E-state index contributed by atoms with van der Waals surface area (Å²) in [5, 5.41) is 0. The van der Waals surface area contributed by atoms with Crippen molar-refractivity contribution in [1.82, 2.24) is 0 Å². The van der Waals surface area contributed by atoms with Crippen LogP contribution in [0.4, 0.5) is 0 Å². The minimum atomic E-state index is -0.251. The first-order chi connectivity index (χ1) is 12.7. The number of fused-ring (bicyclic) bond motifs is 5. The Kier molecular flexibility index (Phi) is 4.67. The molecule has 0 N–H and O–H groups in total. The van der Waals surface area contributed by atoms with Crippen LogP contribution in [0.1, 0.15) is 79.1 Å². The van der Waals surface area contributed by atoms with Crippen molar-refractivity contribution < 1.29 is 19.1 Å². The van der Waals surface area contributed by atoms with E-state index in [1.807, 2.05) is 0 Å². The third-order valence-corrected chi connectivity index (χ3v) is 8.55. The predicted octanol–water partition coefficient (Wildman–Crippen LogP) is 4.81. The molecule has 4 aliphatic rings. The Labute approximate surface area is 163 Å². The molecule has 4 rings (SSSR count). The number of rotatable bonds is 2. The van der Waals surface area contributed by atoms with Crippen molar-refractivity contribution in [2.45, 2.75) is 91.3 Å². The molecule has 4 nitrogen and oxygen atoms in total. The van der Waals surface area contributed by atoms with Crippen LogP contribution in [0.3, 0.4) is 0 Å². The quantitative estimate of drug-likeness (QED) is 0.514. The molecule has 150 valence electrons. The number of ether oxygens (including phenoxy) is 2. The van der Waals surface area contributed by atoms with Crippen LogP contribution in [0.15, 0.2) is 11.6 Å². The maximum atomic E-state index is 11.9. The summed E-state index contributed by atoms with van der Waals surface area (Å²) >= 11 is 0. The second kappa shape index (κ2) is 6.63. The second-order valence-corrected chi connectivity index (χ2v) is 9.98. The zero-order chi connectivity index (χ0) is 19.4. The van der Waals surface area contributed by atoms with Gasteiger partial charge in [-0.3, -0.25) is 9.59 Å². The summed E-state index contributed by atoms with van der Waals surface area (Å²) in [6, 6.07) is 0. The van der Waals surface area contributed by atoms with E-state index >= 15 is 0 Å². The van der Waals surface area contributed by atoms with Gasteiger partial charge >= 0.3 is 11.9 Å². The Morgan fingerprint density at radius 2 is 1.78 bits per heavy atom. The molecule has 0 aromatic rings. The maximum Gasteiger partial charge on any atom is 0.302 e. The summed E-state index contributed by atoms with van der Waals surface area (Å²) in [6.07, 6.45) is 11.2. The molecule has 0 heterocycles. The predicted molar refractivity (Wildman–Crippen MR) is 103 cm³/mol. The Morgan fingerprint density at radius 3 is 2.48 bits per heavy atom. The number of esters is 2. The molecule has 0 spiro atoms. The summed E-state index contributed by atoms with van der Waals surface area (Å²) in [5.41, 5.74) is 1.75. The number of carbonyl (C=O) groups is 2. The smallest absolute Gasteiger partial charge is 0.302 e. The van der Waals surface area contributed by atoms with Crippen molar-refractivity contribution in [2.75, 3.05) is 0 Å². The van der Waals surface area contributed by atoms with E-state index in [1.54, 1.807) is 0 Å². The van der Waals surface area contributed by atoms with Gasteiger partial charge in [-0.15, -0.1) is 0 Å². The summed E-state index contributed by atoms with van der Waals surface area (Å²) in [7, 11) is 0. The van der Waals surface area contributed by atoms with E-state index in [0.717, 1.165) is 18.8 Å². The van der Waals surface area contributed by atoms with Crippen LogP contribution in [0.2, 0.25) is 0 Å². The van der Waals surface area contributed by atoms with E-state index in [1.165, 1.54) is 51.5 Å². The van der Waals surface area contributed by atoms with Crippen LogP contribution in [-0.2, 0) is 19.1 Å². The van der Waals surface area contributed by atoms with E-state index in [2.05, 4.69) is 19.9 Å². The fourth-order valence-corrected chi connectivity index (χ4v) is 7.35. The van der Waals surface area contributed by atoms with Gasteiger partial charge in [0.15, 0.2) is 0 Å². The Balaban J connectivity index is 1.68. The fourth-order valence-electron chi connectivity index (χ4n) is 7.35. The maximum absolute atomic E-state index is 11.9. The monoisotopic (exact) mass is 374 g/mol. The van der Waals surface area contributed by atoms with E-state index in [9.17, 15) is 9.59 Å². The van der Waals surface area contributed by atoms with Crippen LogP contribution in [0, 0.1) is 28.6 Å².